The highest BCUT2D eigenvalue weighted by molar-refractivity contribution is 7.71. The quantitative estimate of drug-likeness (QED) is 0.396. The third kappa shape index (κ3) is 4.89. The summed E-state index contributed by atoms with van der Waals surface area (Å²) < 4.78 is 4.84. The van der Waals surface area contributed by atoms with Gasteiger partial charge in [0.15, 0.2) is 10.6 Å². The van der Waals surface area contributed by atoms with Gasteiger partial charge in [-0.05, 0) is 54.5 Å². The first kappa shape index (κ1) is 21.6. The van der Waals surface area contributed by atoms with Crippen LogP contribution in [0.1, 0.15) is 11.1 Å². The third-order valence-corrected chi connectivity index (χ3v) is 6.55. The van der Waals surface area contributed by atoms with E-state index < -0.39 is 0 Å². The van der Waals surface area contributed by atoms with Crippen molar-refractivity contribution in [1.29, 1.82) is 0 Å². The van der Waals surface area contributed by atoms with Crippen LogP contribution in [0.3, 0.4) is 0 Å². The molecule has 0 radical (unpaired) electrons. The number of rotatable bonds is 6. The molecule has 0 saturated carbocycles. The van der Waals surface area contributed by atoms with Crippen LogP contribution in [-0.4, -0.2) is 50.4 Å². The fourth-order valence-electron chi connectivity index (χ4n) is 4.32. The highest BCUT2D eigenvalue weighted by Gasteiger charge is 2.20. The van der Waals surface area contributed by atoms with E-state index in [1.807, 2.05) is 22.9 Å². The van der Waals surface area contributed by atoms with Crippen molar-refractivity contribution < 1.29 is 0 Å². The van der Waals surface area contributed by atoms with Gasteiger partial charge >= 0.3 is 0 Å². The monoisotopic (exact) mass is 456 g/mol. The zero-order chi connectivity index (χ0) is 22.6. The minimum atomic E-state index is 0.693. The maximum atomic E-state index is 5.91. The summed E-state index contributed by atoms with van der Waals surface area (Å²) in [6, 6.07) is 23.1. The Kier molecular flexibility index (Phi) is 6.32. The summed E-state index contributed by atoms with van der Waals surface area (Å²) in [6.45, 7) is 7.49. The molecule has 0 spiro atoms. The molecular formula is C26H28N6S. The Morgan fingerprint density at radius 3 is 2.36 bits per heavy atom. The zero-order valence-corrected chi connectivity index (χ0v) is 19.7. The predicted octanol–water partition coefficient (Wildman–Crippen LogP) is 4.61. The molecule has 1 aliphatic rings. The lowest BCUT2D eigenvalue weighted by molar-refractivity contribution is 0.194. The Morgan fingerprint density at radius 2 is 1.64 bits per heavy atom. The van der Waals surface area contributed by atoms with E-state index in [-0.39, 0.29) is 0 Å². The topological polar surface area (TPSA) is 42.1 Å². The summed E-state index contributed by atoms with van der Waals surface area (Å²) in [7, 11) is 0. The zero-order valence-electron chi connectivity index (χ0n) is 18.8. The highest BCUT2D eigenvalue weighted by Crippen LogP contribution is 2.21. The summed E-state index contributed by atoms with van der Waals surface area (Å²) in [4.78, 5) is 9.05. The van der Waals surface area contributed by atoms with Crippen LogP contribution in [0.25, 0.3) is 11.4 Å². The molecular weight excluding hydrogens is 428 g/mol. The average Bonchev–Trinajstić information content (AvgIpc) is 3.16. The molecule has 168 valence electrons. The Bertz CT molecular complexity index is 1260. The molecule has 2 aromatic heterocycles. The van der Waals surface area contributed by atoms with E-state index in [9.17, 15) is 0 Å². The summed E-state index contributed by atoms with van der Waals surface area (Å²) in [5.41, 5.74) is 4.83. The number of hydrogen-bond acceptors (Lipinski definition) is 5. The smallest absolute Gasteiger partial charge is 0.199 e. The van der Waals surface area contributed by atoms with Crippen molar-refractivity contribution in [1.82, 2.24) is 24.2 Å². The van der Waals surface area contributed by atoms with Gasteiger partial charge in [0.05, 0.1) is 13.2 Å². The van der Waals surface area contributed by atoms with Gasteiger partial charge in [0, 0.05) is 49.8 Å². The van der Waals surface area contributed by atoms with Gasteiger partial charge in [-0.1, -0.05) is 42.5 Å². The van der Waals surface area contributed by atoms with Crippen LogP contribution in [0, 0.1) is 11.7 Å². The molecule has 0 atom stereocenters. The van der Waals surface area contributed by atoms with E-state index in [4.69, 9.17) is 17.3 Å². The normalized spacial score (nSPS) is 14.5. The lowest BCUT2D eigenvalue weighted by Crippen LogP contribution is -2.47. The van der Waals surface area contributed by atoms with E-state index in [1.165, 1.54) is 16.8 Å². The molecule has 1 saturated heterocycles. The number of anilines is 1. The van der Waals surface area contributed by atoms with Crippen LogP contribution >= 0.6 is 12.2 Å². The van der Waals surface area contributed by atoms with E-state index in [1.54, 1.807) is 12.4 Å². The van der Waals surface area contributed by atoms with Crippen molar-refractivity contribution in [2.45, 2.75) is 20.1 Å². The van der Waals surface area contributed by atoms with E-state index in [0.717, 1.165) is 42.3 Å². The fraction of sp³-hybridized carbons (Fsp3) is 0.269. The average molecular weight is 457 g/mol. The molecule has 6 nitrogen and oxygen atoms in total. The molecule has 0 aliphatic carbocycles. The molecule has 0 N–H and O–H groups in total. The van der Waals surface area contributed by atoms with Gasteiger partial charge in [0.25, 0.3) is 0 Å². The number of pyridine rings is 1. The first-order chi connectivity index (χ1) is 16.2. The Hall–Kier alpha value is -3.29. The van der Waals surface area contributed by atoms with Crippen molar-refractivity contribution in [3.8, 4) is 11.4 Å². The Labute approximate surface area is 199 Å². The maximum absolute atomic E-state index is 5.91. The van der Waals surface area contributed by atoms with Gasteiger partial charge in [0.1, 0.15) is 0 Å². The number of hydrogen-bond donors (Lipinski definition) is 0. The van der Waals surface area contributed by atoms with Crippen LogP contribution in [0.15, 0.2) is 79.1 Å². The summed E-state index contributed by atoms with van der Waals surface area (Å²) in [6.07, 6.45) is 3.60. The number of aromatic nitrogens is 4. The number of nitrogens with zero attached hydrogens (tertiary/aromatic N) is 6. The standard InChI is InChI=1S/C26H28N6S/c1-21-6-5-9-24(18-21)30-16-14-29(15-17-30)20-32-26(33)31(19-22-7-3-2-4-8-22)25(28-32)23-10-12-27-13-11-23/h2-13,18H,14-17,19-20H2,1H3. The van der Waals surface area contributed by atoms with Crippen LogP contribution in [0.2, 0.25) is 0 Å². The van der Waals surface area contributed by atoms with Crippen LogP contribution in [0.4, 0.5) is 5.69 Å². The van der Waals surface area contributed by atoms with Gasteiger partial charge in [-0.3, -0.25) is 14.5 Å². The van der Waals surface area contributed by atoms with Crippen LogP contribution in [0.5, 0.6) is 0 Å². The van der Waals surface area contributed by atoms with Crippen molar-refractivity contribution in [3.05, 3.63) is 95.0 Å². The van der Waals surface area contributed by atoms with Gasteiger partial charge in [-0.2, -0.15) is 5.10 Å². The molecule has 0 amide bonds. The predicted molar refractivity (Wildman–Crippen MR) is 135 cm³/mol. The minimum absolute atomic E-state index is 0.693. The summed E-state index contributed by atoms with van der Waals surface area (Å²) in [5.74, 6) is 0.879. The molecule has 33 heavy (non-hydrogen) atoms. The van der Waals surface area contributed by atoms with Gasteiger partial charge < -0.3 is 4.90 Å². The van der Waals surface area contributed by atoms with Crippen molar-refractivity contribution >= 4 is 17.9 Å². The van der Waals surface area contributed by atoms with Gasteiger partial charge in [0.2, 0.25) is 0 Å². The lowest BCUT2D eigenvalue weighted by Gasteiger charge is -2.36. The Morgan fingerprint density at radius 1 is 0.879 bits per heavy atom. The molecule has 4 aromatic rings. The van der Waals surface area contributed by atoms with E-state index in [2.05, 4.69) is 74.8 Å². The van der Waals surface area contributed by atoms with Crippen molar-refractivity contribution in [2.24, 2.45) is 0 Å². The first-order valence-electron chi connectivity index (χ1n) is 11.3. The molecule has 5 rings (SSSR count). The first-order valence-corrected chi connectivity index (χ1v) is 11.7. The fourth-order valence-corrected chi connectivity index (χ4v) is 4.57. The highest BCUT2D eigenvalue weighted by atomic mass is 32.1. The van der Waals surface area contributed by atoms with E-state index >= 15 is 0 Å². The number of benzene rings is 2. The minimum Gasteiger partial charge on any atom is -0.369 e. The Balaban J connectivity index is 1.36. The molecule has 2 aromatic carbocycles. The largest absolute Gasteiger partial charge is 0.369 e. The molecule has 0 bridgehead atoms. The molecule has 3 heterocycles. The summed E-state index contributed by atoms with van der Waals surface area (Å²) in [5, 5.41) is 4.95. The molecule has 1 aliphatic heterocycles. The number of aryl methyl sites for hydroxylation is 1. The van der Waals surface area contributed by atoms with Gasteiger partial charge in [-0.25, -0.2) is 4.68 Å². The van der Waals surface area contributed by atoms with Crippen molar-refractivity contribution in [2.75, 3.05) is 31.1 Å². The van der Waals surface area contributed by atoms with Crippen LogP contribution < -0.4 is 4.90 Å². The second-order valence-corrected chi connectivity index (χ2v) is 8.86. The molecule has 1 fully saturated rings. The molecule has 7 heteroatoms. The second kappa shape index (κ2) is 9.68. The maximum Gasteiger partial charge on any atom is 0.199 e. The van der Waals surface area contributed by atoms with Crippen LogP contribution in [-0.2, 0) is 13.2 Å². The SMILES string of the molecule is Cc1cccc(N2CCN(Cn3nc(-c4ccncc4)n(Cc4ccccc4)c3=S)CC2)c1. The van der Waals surface area contributed by atoms with Gasteiger partial charge in [-0.15, -0.1) is 0 Å². The lowest BCUT2D eigenvalue weighted by atomic mass is 10.2. The summed E-state index contributed by atoms with van der Waals surface area (Å²) >= 11 is 5.91. The number of piperazine rings is 1. The molecule has 0 unspecified atom stereocenters. The van der Waals surface area contributed by atoms with E-state index in [0.29, 0.717) is 13.2 Å². The third-order valence-electron chi connectivity index (χ3n) is 6.12. The van der Waals surface area contributed by atoms with Crippen molar-refractivity contribution in [3.63, 3.8) is 0 Å². The second-order valence-electron chi connectivity index (χ2n) is 8.50.